The van der Waals surface area contributed by atoms with E-state index in [2.05, 4.69) is 204 Å². The largest absolute Gasteiger partial charge is 0.310 e. The van der Waals surface area contributed by atoms with Gasteiger partial charge in [0.1, 0.15) is 0 Å². The topological polar surface area (TPSA) is 6.48 Å². The molecule has 2 nitrogen and oxygen atoms in total. The zero-order chi connectivity index (χ0) is 40.5. The molecular formula is C60H46N2. The van der Waals surface area contributed by atoms with E-state index in [1.54, 1.807) is 11.1 Å². The summed E-state index contributed by atoms with van der Waals surface area (Å²) in [7, 11) is 0. The number of anilines is 6. The highest BCUT2D eigenvalue weighted by Gasteiger charge is 2.62. The summed E-state index contributed by atoms with van der Waals surface area (Å²) in [5, 5.41) is 10.2. The van der Waals surface area contributed by atoms with Crippen molar-refractivity contribution in [3.8, 4) is 11.1 Å². The molecule has 0 radical (unpaired) electrons. The molecule has 10 aromatic rings. The van der Waals surface area contributed by atoms with Crippen molar-refractivity contribution in [3.05, 3.63) is 205 Å². The molecule has 62 heavy (non-hydrogen) atoms. The molecule has 2 heteroatoms. The van der Waals surface area contributed by atoms with Gasteiger partial charge in [-0.05, 0) is 165 Å². The summed E-state index contributed by atoms with van der Waals surface area (Å²) in [6.45, 7) is 0. The number of fused-ring (bicyclic) bond motifs is 4. The summed E-state index contributed by atoms with van der Waals surface area (Å²) in [6.07, 6.45) is 6.87. The second-order valence-electron chi connectivity index (χ2n) is 18.9. The lowest BCUT2D eigenvalue weighted by Crippen LogP contribution is -2.55. The van der Waals surface area contributed by atoms with Gasteiger partial charge in [0.25, 0.3) is 0 Å². The molecule has 0 amide bonds. The Bertz CT molecular complexity index is 3320. The molecule has 5 aliphatic rings. The number of rotatable bonds is 6. The first-order valence-electron chi connectivity index (χ1n) is 22.9. The van der Waals surface area contributed by atoms with Crippen molar-refractivity contribution in [2.75, 3.05) is 9.80 Å². The Morgan fingerprint density at radius 2 is 0.887 bits per heavy atom. The maximum Gasteiger partial charge on any atom is 0.0540 e. The van der Waals surface area contributed by atoms with Crippen molar-refractivity contribution in [3.63, 3.8) is 0 Å². The molecular weight excluding hydrogens is 749 g/mol. The standard InChI is InChI=1S/C60H46N2/c1-3-14-46(15-4-1)61(47-16-5-2-6-17-47)54-30-25-41-24-29-52-55(31-26-42-23-28-51(54)57(41)58(42)52)62(48-27-22-40-12-7-8-13-43(40)37-48)56-21-11-19-50-49-18-9-10-20-53(49)60(59(50)56)44-33-38-32-39(35-44)36-45(60)34-38/h1-31,37-39,44-45H,32-36H2. The lowest BCUT2D eigenvalue weighted by Gasteiger charge is -2.61. The van der Waals surface area contributed by atoms with Gasteiger partial charge in [0.2, 0.25) is 0 Å². The number of nitrogens with zero attached hydrogens (tertiary/aromatic N) is 2. The van der Waals surface area contributed by atoms with E-state index in [0.29, 0.717) is 11.8 Å². The molecule has 4 fully saturated rings. The Morgan fingerprint density at radius 1 is 0.355 bits per heavy atom. The van der Waals surface area contributed by atoms with E-state index in [1.807, 2.05) is 0 Å². The second-order valence-corrected chi connectivity index (χ2v) is 18.9. The Hall–Kier alpha value is -6.90. The zero-order valence-corrected chi connectivity index (χ0v) is 34.7. The molecule has 5 aliphatic carbocycles. The molecule has 0 aliphatic heterocycles. The van der Waals surface area contributed by atoms with Gasteiger partial charge in [0.05, 0.1) is 17.1 Å². The zero-order valence-electron chi connectivity index (χ0n) is 34.7. The second kappa shape index (κ2) is 13.1. The maximum absolute atomic E-state index is 2.68. The van der Waals surface area contributed by atoms with Crippen molar-refractivity contribution >= 4 is 77.2 Å². The normalized spacial score (nSPS) is 21.9. The first-order valence-corrected chi connectivity index (χ1v) is 22.9. The third-order valence-electron chi connectivity index (χ3n) is 15.9. The van der Waals surface area contributed by atoms with Crippen LogP contribution in [0, 0.1) is 23.7 Å². The van der Waals surface area contributed by atoms with Crippen LogP contribution in [0.3, 0.4) is 0 Å². The average molecular weight is 795 g/mol. The fraction of sp³-hybridized carbons (Fsp3) is 0.167. The highest BCUT2D eigenvalue weighted by atomic mass is 15.2. The van der Waals surface area contributed by atoms with Gasteiger partial charge in [-0.2, -0.15) is 0 Å². The lowest BCUT2D eigenvalue weighted by molar-refractivity contribution is -0.0397. The molecule has 10 aromatic carbocycles. The molecule has 4 saturated carbocycles. The van der Waals surface area contributed by atoms with Crippen LogP contribution in [0.4, 0.5) is 34.1 Å². The number of para-hydroxylation sites is 2. The smallest absolute Gasteiger partial charge is 0.0540 e. The van der Waals surface area contributed by atoms with Gasteiger partial charge in [-0.25, -0.2) is 0 Å². The van der Waals surface area contributed by atoms with E-state index in [4.69, 9.17) is 0 Å². The predicted octanol–water partition coefficient (Wildman–Crippen LogP) is 16.4. The lowest BCUT2D eigenvalue weighted by atomic mass is 9.43. The van der Waals surface area contributed by atoms with Crippen LogP contribution in [0.15, 0.2) is 194 Å². The van der Waals surface area contributed by atoms with E-state index in [9.17, 15) is 0 Å². The van der Waals surface area contributed by atoms with E-state index in [1.165, 1.54) is 109 Å². The van der Waals surface area contributed by atoms with Crippen molar-refractivity contribution in [1.29, 1.82) is 0 Å². The van der Waals surface area contributed by atoms with Gasteiger partial charge in [0.15, 0.2) is 0 Å². The van der Waals surface area contributed by atoms with Crippen molar-refractivity contribution in [1.82, 2.24) is 0 Å². The molecule has 0 aromatic heterocycles. The summed E-state index contributed by atoms with van der Waals surface area (Å²) in [5.74, 6) is 3.09. The molecule has 0 saturated heterocycles. The van der Waals surface area contributed by atoms with Crippen LogP contribution in [-0.2, 0) is 5.41 Å². The van der Waals surface area contributed by atoms with Crippen molar-refractivity contribution in [2.24, 2.45) is 23.7 Å². The van der Waals surface area contributed by atoms with Gasteiger partial charge in [-0.1, -0.05) is 140 Å². The summed E-state index contributed by atoms with van der Waals surface area (Å²) in [6, 6.07) is 73.4. The van der Waals surface area contributed by atoms with Crippen molar-refractivity contribution in [2.45, 2.75) is 37.5 Å². The van der Waals surface area contributed by atoms with Gasteiger partial charge in [-0.15, -0.1) is 0 Å². The van der Waals surface area contributed by atoms with Crippen LogP contribution in [-0.4, -0.2) is 0 Å². The van der Waals surface area contributed by atoms with E-state index < -0.39 is 0 Å². The van der Waals surface area contributed by atoms with Crippen LogP contribution >= 0.6 is 0 Å². The third kappa shape index (κ3) is 4.76. The van der Waals surface area contributed by atoms with Gasteiger partial charge < -0.3 is 9.80 Å². The van der Waals surface area contributed by atoms with E-state index >= 15 is 0 Å². The Morgan fingerprint density at radius 3 is 1.55 bits per heavy atom. The molecule has 0 N–H and O–H groups in total. The third-order valence-corrected chi connectivity index (χ3v) is 15.9. The Balaban J connectivity index is 1.05. The van der Waals surface area contributed by atoms with E-state index in [0.717, 1.165) is 23.2 Å². The van der Waals surface area contributed by atoms with Crippen LogP contribution in [0.5, 0.6) is 0 Å². The Kier molecular flexibility index (Phi) is 7.32. The first kappa shape index (κ1) is 34.8. The predicted molar refractivity (Wildman–Crippen MR) is 260 cm³/mol. The number of hydrogen-bond acceptors (Lipinski definition) is 2. The quantitative estimate of drug-likeness (QED) is 0.155. The van der Waals surface area contributed by atoms with Crippen LogP contribution in [0.1, 0.15) is 43.2 Å². The van der Waals surface area contributed by atoms with E-state index in [-0.39, 0.29) is 5.41 Å². The minimum atomic E-state index is 0.0159. The summed E-state index contributed by atoms with van der Waals surface area (Å²) >= 11 is 0. The highest BCUT2D eigenvalue weighted by molar-refractivity contribution is 6.28. The van der Waals surface area contributed by atoms with Gasteiger partial charge in [-0.3, -0.25) is 0 Å². The van der Waals surface area contributed by atoms with Crippen molar-refractivity contribution < 1.29 is 0 Å². The number of benzene rings is 10. The van der Waals surface area contributed by atoms with Gasteiger partial charge >= 0.3 is 0 Å². The molecule has 0 atom stereocenters. The fourth-order valence-corrected chi connectivity index (χ4v) is 13.8. The molecule has 0 heterocycles. The minimum Gasteiger partial charge on any atom is -0.310 e. The number of hydrogen-bond donors (Lipinski definition) is 0. The molecule has 1 spiro atoms. The SMILES string of the molecule is c1ccc(N(c2ccccc2)c2ccc3ccc4c(N(c5ccc6ccccc6c5)c5cccc6c5C5(c7ccccc7-6)C6CC7CC(C6)CC5C7)ccc5ccc2c3c54)cc1. The van der Waals surface area contributed by atoms with Crippen LogP contribution in [0.2, 0.25) is 0 Å². The van der Waals surface area contributed by atoms with Crippen LogP contribution in [0.25, 0.3) is 54.2 Å². The monoisotopic (exact) mass is 794 g/mol. The molecule has 0 unspecified atom stereocenters. The van der Waals surface area contributed by atoms with Gasteiger partial charge in [0, 0.05) is 33.2 Å². The minimum absolute atomic E-state index is 0.0159. The molecule has 296 valence electrons. The molecule has 15 rings (SSSR count). The summed E-state index contributed by atoms with van der Waals surface area (Å²) in [5.41, 5.74) is 13.4. The Labute approximate surface area is 363 Å². The highest BCUT2D eigenvalue weighted by Crippen LogP contribution is 2.71. The van der Waals surface area contributed by atoms with Crippen LogP contribution < -0.4 is 9.80 Å². The maximum atomic E-state index is 2.68. The summed E-state index contributed by atoms with van der Waals surface area (Å²) in [4.78, 5) is 5.10. The first-order chi connectivity index (χ1) is 30.7. The fourth-order valence-electron chi connectivity index (χ4n) is 13.8. The summed E-state index contributed by atoms with van der Waals surface area (Å²) < 4.78 is 0. The average Bonchev–Trinajstić information content (AvgIpc) is 3.62. The molecule has 4 bridgehead atoms.